The van der Waals surface area contributed by atoms with Gasteiger partial charge in [0.05, 0.1) is 5.69 Å². The molecule has 0 saturated carbocycles. The summed E-state index contributed by atoms with van der Waals surface area (Å²) in [5, 5.41) is 29.3. The molecule has 2 saturated heterocycles. The van der Waals surface area contributed by atoms with Crippen molar-refractivity contribution >= 4 is 28.7 Å². The normalized spacial score (nSPS) is 19.7. The van der Waals surface area contributed by atoms with Gasteiger partial charge in [-0.15, -0.1) is 10.2 Å². The largest absolute Gasteiger partial charge is 0.478 e. The van der Waals surface area contributed by atoms with Crippen LogP contribution in [0.1, 0.15) is 0 Å². The molecule has 3 N–H and O–H groups in total. The standard InChI is InChI=1S/C19H21N5.C4H4O4/c1-23-7-6-14-8-13(2-4-18(14)23)17-3-5-19(22-21-17)24-11-15-9-20-10-16(15)12-24;5-3(6)1-2-4(7)8/h2-8,15-16,20H,9-12H2,1H3;1-2H,(H,5,6)(H,7,8). The van der Waals surface area contributed by atoms with Crippen molar-refractivity contribution in [2.75, 3.05) is 31.1 Å². The summed E-state index contributed by atoms with van der Waals surface area (Å²) in [5.41, 5.74) is 3.29. The van der Waals surface area contributed by atoms with E-state index in [1.54, 1.807) is 0 Å². The van der Waals surface area contributed by atoms with Crippen molar-refractivity contribution in [2.45, 2.75) is 0 Å². The number of fused-ring (bicyclic) bond motifs is 2. The number of hydrogen-bond acceptors (Lipinski definition) is 6. The number of nitrogens with zero attached hydrogens (tertiary/aromatic N) is 4. The second-order valence-electron chi connectivity index (χ2n) is 8.07. The molecule has 0 spiro atoms. The fourth-order valence-corrected chi connectivity index (χ4v) is 4.27. The minimum Gasteiger partial charge on any atom is -0.478 e. The molecule has 2 aliphatic rings. The Morgan fingerprint density at radius 3 is 2.28 bits per heavy atom. The molecule has 9 heteroatoms. The van der Waals surface area contributed by atoms with E-state index < -0.39 is 11.9 Å². The second kappa shape index (κ2) is 9.19. The van der Waals surface area contributed by atoms with Crippen molar-refractivity contribution < 1.29 is 19.8 Å². The monoisotopic (exact) mass is 435 g/mol. The van der Waals surface area contributed by atoms with E-state index in [1.807, 2.05) is 0 Å². The fourth-order valence-electron chi connectivity index (χ4n) is 4.27. The van der Waals surface area contributed by atoms with Crippen LogP contribution in [0.5, 0.6) is 0 Å². The Labute approximate surface area is 185 Å². The number of aliphatic carboxylic acids is 2. The maximum atomic E-state index is 9.55. The molecule has 166 valence electrons. The zero-order chi connectivity index (χ0) is 22.7. The SMILES string of the molecule is Cn1ccc2cc(-c3ccc(N4CC5CNCC5C4)nn3)ccc21.O=C(O)C=CC(=O)O. The highest BCUT2D eigenvalue weighted by Gasteiger charge is 2.36. The van der Waals surface area contributed by atoms with Crippen LogP contribution in [0, 0.1) is 11.8 Å². The molecular formula is C23H25N5O4. The van der Waals surface area contributed by atoms with E-state index in [9.17, 15) is 9.59 Å². The Morgan fingerprint density at radius 1 is 1.00 bits per heavy atom. The lowest BCUT2D eigenvalue weighted by molar-refractivity contribution is -0.134. The van der Waals surface area contributed by atoms with E-state index in [4.69, 9.17) is 10.2 Å². The number of hydrogen-bond donors (Lipinski definition) is 3. The molecule has 5 rings (SSSR count). The van der Waals surface area contributed by atoms with Gasteiger partial charge in [-0.25, -0.2) is 9.59 Å². The molecule has 0 amide bonds. The van der Waals surface area contributed by atoms with Crippen LogP contribution in [0.15, 0.2) is 54.7 Å². The van der Waals surface area contributed by atoms with Crippen molar-refractivity contribution in [2.24, 2.45) is 18.9 Å². The van der Waals surface area contributed by atoms with Gasteiger partial charge in [-0.05, 0) is 42.2 Å². The summed E-state index contributed by atoms with van der Waals surface area (Å²) < 4.78 is 2.13. The molecule has 2 aliphatic heterocycles. The first-order valence-corrected chi connectivity index (χ1v) is 10.4. The molecule has 2 atom stereocenters. The van der Waals surface area contributed by atoms with Crippen molar-refractivity contribution in [3.8, 4) is 11.3 Å². The number of carboxylic acids is 2. The molecule has 3 aromatic rings. The molecule has 4 heterocycles. The number of benzene rings is 1. The van der Waals surface area contributed by atoms with Crippen molar-refractivity contribution in [1.29, 1.82) is 0 Å². The van der Waals surface area contributed by atoms with E-state index in [2.05, 4.69) is 74.6 Å². The smallest absolute Gasteiger partial charge is 0.328 e. The Hall–Kier alpha value is -3.72. The zero-order valence-corrected chi connectivity index (χ0v) is 17.7. The van der Waals surface area contributed by atoms with Crippen molar-refractivity contribution in [1.82, 2.24) is 20.1 Å². The molecule has 0 radical (unpaired) electrons. The minimum atomic E-state index is -1.26. The summed E-state index contributed by atoms with van der Waals surface area (Å²) in [6, 6.07) is 12.8. The molecule has 32 heavy (non-hydrogen) atoms. The zero-order valence-electron chi connectivity index (χ0n) is 17.7. The minimum absolute atomic E-state index is 0.558. The van der Waals surface area contributed by atoms with Gasteiger partial charge in [-0.3, -0.25) is 0 Å². The third kappa shape index (κ3) is 4.78. The maximum absolute atomic E-state index is 9.55. The average Bonchev–Trinajstić information content (AvgIpc) is 3.48. The van der Waals surface area contributed by atoms with Crippen LogP contribution < -0.4 is 10.2 Å². The summed E-state index contributed by atoms with van der Waals surface area (Å²) in [6.45, 7) is 4.48. The van der Waals surface area contributed by atoms with Crippen LogP contribution in [0.3, 0.4) is 0 Å². The molecule has 1 aromatic carbocycles. The molecule has 2 fully saturated rings. The summed E-state index contributed by atoms with van der Waals surface area (Å²) in [4.78, 5) is 21.5. The van der Waals surface area contributed by atoms with Gasteiger partial charge in [0.2, 0.25) is 0 Å². The van der Waals surface area contributed by atoms with Crippen molar-refractivity contribution in [3.63, 3.8) is 0 Å². The Kier molecular flexibility index (Phi) is 6.18. The average molecular weight is 435 g/mol. The van der Waals surface area contributed by atoms with E-state index in [-0.39, 0.29) is 0 Å². The van der Waals surface area contributed by atoms with Crippen LogP contribution in [0.2, 0.25) is 0 Å². The molecule has 0 bridgehead atoms. The predicted molar refractivity (Wildman–Crippen MR) is 120 cm³/mol. The molecule has 0 aliphatic carbocycles. The van der Waals surface area contributed by atoms with E-state index in [0.29, 0.717) is 12.2 Å². The number of carbonyl (C=O) groups is 2. The quantitative estimate of drug-likeness (QED) is 0.532. The number of carboxylic acid groups (broad SMARTS) is 2. The topological polar surface area (TPSA) is 121 Å². The molecule has 2 unspecified atom stereocenters. The molecular weight excluding hydrogens is 410 g/mol. The lowest BCUT2D eigenvalue weighted by atomic mass is 10.0. The Bertz CT molecular complexity index is 1130. The first kappa shape index (κ1) is 21.5. The Morgan fingerprint density at radius 2 is 1.69 bits per heavy atom. The van der Waals surface area contributed by atoms with Crippen LogP contribution >= 0.6 is 0 Å². The number of aromatic nitrogens is 3. The second-order valence-corrected chi connectivity index (χ2v) is 8.07. The summed E-state index contributed by atoms with van der Waals surface area (Å²) in [7, 11) is 2.07. The van der Waals surface area contributed by atoms with Gasteiger partial charge in [-0.2, -0.15) is 0 Å². The van der Waals surface area contributed by atoms with Crippen LogP contribution in [0.4, 0.5) is 5.82 Å². The first-order chi connectivity index (χ1) is 15.4. The van der Waals surface area contributed by atoms with Crippen LogP contribution in [-0.4, -0.2) is 63.1 Å². The highest BCUT2D eigenvalue weighted by Crippen LogP contribution is 2.30. The molecule has 9 nitrogen and oxygen atoms in total. The van der Waals surface area contributed by atoms with E-state index >= 15 is 0 Å². The lowest BCUT2D eigenvalue weighted by Gasteiger charge is -2.17. The van der Waals surface area contributed by atoms with E-state index in [1.165, 1.54) is 10.9 Å². The van der Waals surface area contributed by atoms with Gasteiger partial charge >= 0.3 is 11.9 Å². The third-order valence-electron chi connectivity index (χ3n) is 5.91. The van der Waals surface area contributed by atoms with Crippen LogP contribution in [0.25, 0.3) is 22.2 Å². The molecule has 2 aromatic heterocycles. The number of rotatable bonds is 4. The number of anilines is 1. The van der Waals surface area contributed by atoms with Crippen molar-refractivity contribution in [3.05, 3.63) is 54.7 Å². The summed E-state index contributed by atoms with van der Waals surface area (Å²) in [5.74, 6) is 0.0349. The Balaban J connectivity index is 0.000000265. The van der Waals surface area contributed by atoms with Gasteiger partial charge in [0.15, 0.2) is 5.82 Å². The number of aryl methyl sites for hydroxylation is 1. The van der Waals surface area contributed by atoms with Gasteiger partial charge in [0.1, 0.15) is 0 Å². The summed E-state index contributed by atoms with van der Waals surface area (Å²) in [6.07, 6.45) is 3.20. The van der Waals surface area contributed by atoms with Gasteiger partial charge in [0, 0.05) is 68.0 Å². The lowest BCUT2D eigenvalue weighted by Crippen LogP contribution is -2.26. The van der Waals surface area contributed by atoms with Gasteiger partial charge in [-0.1, -0.05) is 6.07 Å². The summed E-state index contributed by atoms with van der Waals surface area (Å²) >= 11 is 0. The van der Waals surface area contributed by atoms with Crippen LogP contribution in [-0.2, 0) is 16.6 Å². The maximum Gasteiger partial charge on any atom is 0.328 e. The van der Waals surface area contributed by atoms with E-state index in [0.717, 1.165) is 55.1 Å². The predicted octanol–water partition coefficient (Wildman–Crippen LogP) is 2.00. The highest BCUT2D eigenvalue weighted by atomic mass is 16.4. The highest BCUT2D eigenvalue weighted by molar-refractivity contribution is 5.89. The third-order valence-corrected chi connectivity index (χ3v) is 5.91. The van der Waals surface area contributed by atoms with Gasteiger partial charge in [0.25, 0.3) is 0 Å². The fraction of sp³-hybridized carbons (Fsp3) is 0.304. The van der Waals surface area contributed by atoms with Gasteiger partial charge < -0.3 is 25.0 Å². The number of nitrogens with one attached hydrogen (secondary N) is 1. The first-order valence-electron chi connectivity index (χ1n) is 10.4.